The van der Waals surface area contributed by atoms with E-state index in [-0.39, 0.29) is 29.8 Å². The third-order valence-electron chi connectivity index (χ3n) is 3.88. The maximum atomic E-state index is 11.7. The number of ether oxygens (including phenoxy) is 1. The summed E-state index contributed by atoms with van der Waals surface area (Å²) >= 11 is 0. The fraction of sp³-hybridized carbons (Fsp3) is 0.462. The van der Waals surface area contributed by atoms with Gasteiger partial charge in [-0.05, 0) is 5.53 Å². The van der Waals surface area contributed by atoms with Gasteiger partial charge < -0.3 is 31.0 Å². The first-order chi connectivity index (χ1) is 11.5. The van der Waals surface area contributed by atoms with Gasteiger partial charge in [-0.15, -0.1) is 0 Å². The second-order valence-electron chi connectivity index (χ2n) is 5.21. The summed E-state index contributed by atoms with van der Waals surface area (Å²) in [7, 11) is 0. The number of carbonyl (C=O) groups is 1. The molecule has 3 heterocycles. The highest BCUT2D eigenvalue weighted by Gasteiger charge is 2.44. The molecule has 12 nitrogen and oxygen atoms in total. The van der Waals surface area contributed by atoms with E-state index in [1.807, 2.05) is 0 Å². The number of aromatic nitrogens is 3. The van der Waals surface area contributed by atoms with Crippen molar-refractivity contribution in [2.24, 2.45) is 10.8 Å². The normalized spacial score (nSPS) is 25.4. The predicted molar refractivity (Wildman–Crippen MR) is 87.1 cm³/mol. The first-order valence-corrected chi connectivity index (χ1v) is 6.89. The largest absolute Gasteiger partial charge is 0.394 e. The van der Waals surface area contributed by atoms with Gasteiger partial charge in [-0.2, -0.15) is 0 Å². The molecule has 1 fully saturated rings. The van der Waals surface area contributed by atoms with Crippen LogP contribution in [0, 0.1) is 0 Å². The molecule has 0 radical (unpaired) electrons. The van der Waals surface area contributed by atoms with Crippen molar-refractivity contribution in [2.45, 2.75) is 31.9 Å². The van der Waals surface area contributed by atoms with Crippen LogP contribution in [0.15, 0.2) is 17.6 Å². The summed E-state index contributed by atoms with van der Waals surface area (Å²) in [5.41, 5.74) is 20.2. The van der Waals surface area contributed by atoms with Gasteiger partial charge in [0.15, 0.2) is 0 Å². The van der Waals surface area contributed by atoms with E-state index >= 15 is 0 Å². The Kier molecular flexibility index (Phi) is 5.09. The van der Waals surface area contributed by atoms with Gasteiger partial charge in [-0.25, -0.2) is 9.97 Å². The number of rotatable bonds is 4. The van der Waals surface area contributed by atoms with Crippen molar-refractivity contribution in [3.63, 3.8) is 0 Å². The van der Waals surface area contributed by atoms with Crippen LogP contribution in [0.5, 0.6) is 0 Å². The molecule has 2 aromatic rings. The summed E-state index contributed by atoms with van der Waals surface area (Å²) in [6.07, 6.45) is -0.660. The molecule has 0 aromatic carbocycles. The van der Waals surface area contributed by atoms with Gasteiger partial charge in [-0.1, -0.05) is 12.5 Å². The molecule has 25 heavy (non-hydrogen) atoms. The van der Waals surface area contributed by atoms with Crippen molar-refractivity contribution in [3.8, 4) is 0 Å². The van der Waals surface area contributed by atoms with Crippen molar-refractivity contribution in [3.05, 3.63) is 28.5 Å². The smallest absolute Gasteiger partial charge is 0.251 e. The van der Waals surface area contributed by atoms with Gasteiger partial charge in [0, 0.05) is 11.1 Å². The van der Waals surface area contributed by atoms with Gasteiger partial charge in [0.2, 0.25) is 0 Å². The van der Waals surface area contributed by atoms with Crippen LogP contribution in [0.4, 0.5) is 5.82 Å². The minimum atomic E-state index is -1.23. The van der Waals surface area contributed by atoms with E-state index in [1.54, 1.807) is 0 Å². The minimum absolute atomic E-state index is 0. The number of anilines is 1. The minimum Gasteiger partial charge on any atom is -0.394 e. The highest BCUT2D eigenvalue weighted by molar-refractivity contribution is 6.08. The van der Waals surface area contributed by atoms with Gasteiger partial charge in [0.05, 0.1) is 23.7 Å². The van der Waals surface area contributed by atoms with Crippen molar-refractivity contribution in [1.29, 1.82) is 0 Å². The van der Waals surface area contributed by atoms with Crippen molar-refractivity contribution in [2.75, 3.05) is 12.3 Å². The van der Waals surface area contributed by atoms with Crippen LogP contribution in [-0.4, -0.2) is 55.5 Å². The molecule has 1 aliphatic heterocycles. The third kappa shape index (κ3) is 2.83. The average molecular weight is 350 g/mol. The number of azide groups is 1. The molecule has 0 aliphatic carbocycles. The Morgan fingerprint density at radius 3 is 2.84 bits per heavy atom. The lowest BCUT2D eigenvalue weighted by atomic mass is 10.1. The summed E-state index contributed by atoms with van der Waals surface area (Å²) in [4.78, 5) is 22.3. The highest BCUT2D eigenvalue weighted by atomic mass is 16.5. The van der Waals surface area contributed by atoms with Crippen molar-refractivity contribution >= 4 is 22.8 Å². The molecular formula is C13H18N8O4. The number of nitrogens with two attached hydrogens (primary N) is 2. The molecular weight excluding hydrogens is 332 g/mol. The van der Waals surface area contributed by atoms with Crippen molar-refractivity contribution < 1.29 is 19.7 Å². The van der Waals surface area contributed by atoms with Crippen molar-refractivity contribution in [1.82, 2.24) is 14.5 Å². The molecule has 12 heteroatoms. The zero-order chi connectivity index (χ0) is 17.4. The second kappa shape index (κ2) is 6.91. The Bertz CT molecular complexity index is 846. The molecule has 6 N–H and O–H groups in total. The second-order valence-corrected chi connectivity index (χ2v) is 5.21. The van der Waals surface area contributed by atoms with E-state index < -0.39 is 37.0 Å². The summed E-state index contributed by atoms with van der Waals surface area (Å²) in [5.74, 6) is -0.706. The number of primary amides is 1. The molecule has 1 aliphatic rings. The van der Waals surface area contributed by atoms with Gasteiger partial charge in [-0.3, -0.25) is 4.79 Å². The standard InChI is InChI=1S/C12H14N8O4.CH4/c13-9-6-4(10(14)23)1-20(11(6)17-3-16-9)12-7(18-19-15)8(22)5(2-21)24-12;/h1,3,5,7-8,12,21-22H,2H2,(H2,14,23)(H2,13,16,17);1H4/t5-,7+,8-,12-;/m1./s1. The van der Waals surface area contributed by atoms with Crippen LogP contribution >= 0.6 is 0 Å². The molecule has 0 unspecified atom stereocenters. The highest BCUT2D eigenvalue weighted by Crippen LogP contribution is 2.36. The molecule has 0 saturated carbocycles. The summed E-state index contributed by atoms with van der Waals surface area (Å²) < 4.78 is 6.94. The first-order valence-electron chi connectivity index (χ1n) is 6.89. The molecule has 0 bridgehead atoms. The molecule has 4 atom stereocenters. The van der Waals surface area contributed by atoms with Crippen LogP contribution in [0.3, 0.4) is 0 Å². The van der Waals surface area contributed by atoms with Crippen LogP contribution in [0.1, 0.15) is 24.0 Å². The van der Waals surface area contributed by atoms with E-state index in [2.05, 4.69) is 20.0 Å². The Balaban J connectivity index is 0.00000225. The SMILES string of the molecule is C.[N-]=[N+]=N[C@H]1[C@H](O)[C@@H](CO)O[C@H]1n1cc(C(N)=O)c2c(N)ncnc21. The maximum Gasteiger partial charge on any atom is 0.251 e. The Morgan fingerprint density at radius 1 is 1.52 bits per heavy atom. The van der Waals surface area contributed by atoms with Crippen LogP contribution < -0.4 is 11.5 Å². The van der Waals surface area contributed by atoms with Crippen LogP contribution in [0.25, 0.3) is 21.5 Å². The lowest BCUT2D eigenvalue weighted by Gasteiger charge is -2.17. The Hall–Kier alpha value is -2.92. The van der Waals surface area contributed by atoms with Gasteiger partial charge in [0.1, 0.15) is 36.2 Å². The number of nitrogens with zero attached hydrogens (tertiary/aromatic N) is 6. The average Bonchev–Trinajstić information content (AvgIpc) is 3.08. The molecule has 0 spiro atoms. The number of aliphatic hydroxyl groups is 2. The van der Waals surface area contributed by atoms with E-state index in [0.29, 0.717) is 0 Å². The summed E-state index contributed by atoms with van der Waals surface area (Å²) in [5, 5.41) is 23.2. The maximum absolute atomic E-state index is 11.7. The fourth-order valence-electron chi connectivity index (χ4n) is 2.78. The lowest BCUT2D eigenvalue weighted by Crippen LogP contribution is -2.31. The van der Waals surface area contributed by atoms with Crippen LogP contribution in [-0.2, 0) is 4.74 Å². The number of aliphatic hydroxyl groups excluding tert-OH is 2. The van der Waals surface area contributed by atoms with Gasteiger partial charge in [0.25, 0.3) is 5.91 Å². The monoisotopic (exact) mass is 350 g/mol. The first kappa shape index (κ1) is 18.4. The van der Waals surface area contributed by atoms with E-state index in [1.165, 1.54) is 17.1 Å². The predicted octanol–water partition coefficient (Wildman–Crippen LogP) is -0.322. The Morgan fingerprint density at radius 2 is 2.24 bits per heavy atom. The topological polar surface area (TPSA) is 198 Å². The number of hydrogen-bond acceptors (Lipinski definition) is 8. The molecule has 1 amide bonds. The number of carbonyl (C=O) groups excluding carboxylic acids is 1. The quantitative estimate of drug-likeness (QED) is 0.329. The number of hydrogen-bond donors (Lipinski definition) is 4. The number of nitrogen functional groups attached to an aromatic ring is 1. The van der Waals surface area contributed by atoms with Crippen LogP contribution in [0.2, 0.25) is 0 Å². The Labute approximate surface area is 141 Å². The molecule has 3 rings (SSSR count). The summed E-state index contributed by atoms with van der Waals surface area (Å²) in [6, 6.07) is -1.04. The molecule has 2 aromatic heterocycles. The van der Waals surface area contributed by atoms with E-state index in [9.17, 15) is 15.0 Å². The molecule has 134 valence electrons. The fourth-order valence-corrected chi connectivity index (χ4v) is 2.78. The zero-order valence-electron chi connectivity index (χ0n) is 12.2. The van der Waals surface area contributed by atoms with E-state index in [0.717, 1.165) is 0 Å². The zero-order valence-corrected chi connectivity index (χ0v) is 12.2. The van der Waals surface area contributed by atoms with Gasteiger partial charge >= 0.3 is 0 Å². The summed E-state index contributed by atoms with van der Waals surface area (Å²) in [6.45, 7) is -0.478. The lowest BCUT2D eigenvalue weighted by molar-refractivity contribution is -0.0435. The molecule has 1 saturated heterocycles. The number of amides is 1. The number of fused-ring (bicyclic) bond motifs is 1. The third-order valence-corrected chi connectivity index (χ3v) is 3.88. The van der Waals surface area contributed by atoms with E-state index in [4.69, 9.17) is 21.7 Å².